The molecule has 0 saturated carbocycles. The average Bonchev–Trinajstić information content (AvgIpc) is 2.38. The summed E-state index contributed by atoms with van der Waals surface area (Å²) in [6, 6.07) is -0.359. The van der Waals surface area contributed by atoms with E-state index in [1.807, 2.05) is 4.90 Å². The molecule has 1 aliphatic heterocycles. The molecule has 1 aromatic rings. The van der Waals surface area contributed by atoms with Gasteiger partial charge in [-0.2, -0.15) is 0 Å². The van der Waals surface area contributed by atoms with Gasteiger partial charge in [-0.1, -0.05) is 0 Å². The highest BCUT2D eigenvalue weighted by molar-refractivity contribution is 5.84. The first-order chi connectivity index (χ1) is 8.65. The largest absolute Gasteiger partial charge is 0.490 e. The fourth-order valence-corrected chi connectivity index (χ4v) is 2.26. The van der Waals surface area contributed by atoms with Crippen LogP contribution in [0.4, 0.5) is 11.6 Å². The van der Waals surface area contributed by atoms with Crippen LogP contribution in [0.15, 0.2) is 6.33 Å². The summed E-state index contributed by atoms with van der Waals surface area (Å²) >= 11 is 0. The van der Waals surface area contributed by atoms with Crippen molar-refractivity contribution in [2.75, 3.05) is 24.3 Å². The molecule has 7 heteroatoms. The summed E-state index contributed by atoms with van der Waals surface area (Å²) in [6.07, 6.45) is 4.05. The third kappa shape index (κ3) is 2.15. The number of piperidine rings is 1. The van der Waals surface area contributed by atoms with Crippen LogP contribution in [0, 0.1) is 0 Å². The number of ether oxygens (including phenoxy) is 1. The smallest absolute Gasteiger partial charge is 0.240 e. The van der Waals surface area contributed by atoms with Gasteiger partial charge in [0.15, 0.2) is 11.6 Å². The van der Waals surface area contributed by atoms with E-state index in [1.165, 1.54) is 13.4 Å². The van der Waals surface area contributed by atoms with Crippen LogP contribution in [0.3, 0.4) is 0 Å². The third-order valence-corrected chi connectivity index (χ3v) is 3.12. The van der Waals surface area contributed by atoms with E-state index in [4.69, 9.17) is 16.2 Å². The van der Waals surface area contributed by atoms with Gasteiger partial charge in [0.2, 0.25) is 11.7 Å². The Morgan fingerprint density at radius 1 is 1.50 bits per heavy atom. The molecule has 1 aromatic heterocycles. The van der Waals surface area contributed by atoms with Crippen molar-refractivity contribution in [2.24, 2.45) is 5.73 Å². The maximum Gasteiger partial charge on any atom is 0.240 e. The molecule has 98 valence electrons. The number of carbonyl (C=O) groups excluding carboxylic acids is 1. The highest BCUT2D eigenvalue weighted by Gasteiger charge is 2.30. The predicted molar refractivity (Wildman–Crippen MR) is 67.2 cm³/mol. The monoisotopic (exact) mass is 251 g/mol. The van der Waals surface area contributed by atoms with Crippen molar-refractivity contribution < 1.29 is 9.53 Å². The van der Waals surface area contributed by atoms with Gasteiger partial charge in [0.25, 0.3) is 0 Å². The molecule has 0 bridgehead atoms. The molecule has 0 spiro atoms. The van der Waals surface area contributed by atoms with Gasteiger partial charge < -0.3 is 21.1 Å². The van der Waals surface area contributed by atoms with Gasteiger partial charge in [-0.25, -0.2) is 9.97 Å². The minimum atomic E-state index is -0.359. The van der Waals surface area contributed by atoms with E-state index >= 15 is 0 Å². The molecule has 0 radical (unpaired) electrons. The summed E-state index contributed by atoms with van der Waals surface area (Å²) in [5, 5.41) is 0. The zero-order chi connectivity index (χ0) is 13.1. The Hall–Kier alpha value is -2.05. The lowest BCUT2D eigenvalue weighted by molar-refractivity contribution is -0.119. The summed E-state index contributed by atoms with van der Waals surface area (Å²) in [6.45, 7) is 0.709. The number of nitrogens with two attached hydrogens (primary N) is 2. The lowest BCUT2D eigenvalue weighted by atomic mass is 10.0. The van der Waals surface area contributed by atoms with Crippen molar-refractivity contribution in [3.8, 4) is 5.75 Å². The van der Waals surface area contributed by atoms with Crippen LogP contribution in [0.2, 0.25) is 0 Å². The Labute approximate surface area is 105 Å². The maximum atomic E-state index is 11.5. The first kappa shape index (κ1) is 12.4. The zero-order valence-corrected chi connectivity index (χ0v) is 10.3. The van der Waals surface area contributed by atoms with Crippen molar-refractivity contribution in [2.45, 2.75) is 25.3 Å². The minimum Gasteiger partial charge on any atom is -0.490 e. The summed E-state index contributed by atoms with van der Waals surface area (Å²) in [7, 11) is 1.50. The highest BCUT2D eigenvalue weighted by atomic mass is 16.5. The van der Waals surface area contributed by atoms with Crippen LogP contribution in [0.1, 0.15) is 19.3 Å². The summed E-state index contributed by atoms with van der Waals surface area (Å²) < 4.78 is 5.21. The van der Waals surface area contributed by atoms with Gasteiger partial charge in [0.05, 0.1) is 7.11 Å². The Balaban J connectivity index is 2.39. The number of nitrogen functional groups attached to an aromatic ring is 1. The van der Waals surface area contributed by atoms with Crippen LogP contribution in [0.25, 0.3) is 0 Å². The second kappa shape index (κ2) is 5.07. The van der Waals surface area contributed by atoms with E-state index in [0.29, 0.717) is 18.1 Å². The number of amides is 1. The molecule has 1 atom stereocenters. The van der Waals surface area contributed by atoms with E-state index in [0.717, 1.165) is 19.3 Å². The molecular weight excluding hydrogens is 234 g/mol. The standard InChI is InChI=1S/C11H17N5O2/c1-18-8-9(12)14-6-15-11(8)16-5-3-2-4-7(16)10(13)17/h6-7H,2-5H2,1H3,(H2,13,17)(H2,12,14,15). The summed E-state index contributed by atoms with van der Waals surface area (Å²) in [5.41, 5.74) is 11.2. The van der Waals surface area contributed by atoms with Crippen molar-refractivity contribution in [1.29, 1.82) is 0 Å². The van der Waals surface area contributed by atoms with Crippen LogP contribution in [0.5, 0.6) is 5.75 Å². The number of primary amides is 1. The number of rotatable bonds is 3. The number of anilines is 2. The van der Waals surface area contributed by atoms with Crippen LogP contribution >= 0.6 is 0 Å². The normalized spacial score (nSPS) is 19.6. The summed E-state index contributed by atoms with van der Waals surface area (Å²) in [5.74, 6) is 0.837. The van der Waals surface area contributed by atoms with Crippen molar-refractivity contribution in [3.63, 3.8) is 0 Å². The lowest BCUT2D eigenvalue weighted by Gasteiger charge is -2.35. The predicted octanol–water partition coefficient (Wildman–Crippen LogP) is -0.0884. The molecule has 1 saturated heterocycles. The van der Waals surface area contributed by atoms with Gasteiger partial charge in [-0.15, -0.1) is 0 Å². The quantitative estimate of drug-likeness (QED) is 0.777. The molecule has 7 nitrogen and oxygen atoms in total. The third-order valence-electron chi connectivity index (χ3n) is 3.12. The van der Waals surface area contributed by atoms with Crippen molar-refractivity contribution >= 4 is 17.5 Å². The molecular formula is C11H17N5O2. The molecule has 1 aliphatic rings. The first-order valence-corrected chi connectivity index (χ1v) is 5.85. The van der Waals surface area contributed by atoms with Crippen LogP contribution < -0.4 is 21.1 Å². The van der Waals surface area contributed by atoms with Gasteiger partial charge >= 0.3 is 0 Å². The Morgan fingerprint density at radius 3 is 2.94 bits per heavy atom. The van der Waals surface area contributed by atoms with Gasteiger partial charge in [0.1, 0.15) is 12.4 Å². The van der Waals surface area contributed by atoms with Gasteiger partial charge in [-0.3, -0.25) is 4.79 Å². The van der Waals surface area contributed by atoms with E-state index in [-0.39, 0.29) is 17.8 Å². The minimum absolute atomic E-state index is 0.260. The van der Waals surface area contributed by atoms with Crippen molar-refractivity contribution in [3.05, 3.63) is 6.33 Å². The fraction of sp³-hybridized carbons (Fsp3) is 0.545. The van der Waals surface area contributed by atoms with Gasteiger partial charge in [-0.05, 0) is 19.3 Å². The molecule has 4 N–H and O–H groups in total. The molecule has 18 heavy (non-hydrogen) atoms. The average molecular weight is 251 g/mol. The number of hydrogen-bond donors (Lipinski definition) is 2. The number of aromatic nitrogens is 2. The van der Waals surface area contributed by atoms with E-state index in [1.54, 1.807) is 0 Å². The topological polar surface area (TPSA) is 107 Å². The first-order valence-electron chi connectivity index (χ1n) is 5.85. The lowest BCUT2D eigenvalue weighted by Crippen LogP contribution is -2.48. The van der Waals surface area contributed by atoms with E-state index in [9.17, 15) is 4.79 Å². The Bertz CT molecular complexity index is 451. The molecule has 1 fully saturated rings. The second-order valence-corrected chi connectivity index (χ2v) is 4.22. The highest BCUT2D eigenvalue weighted by Crippen LogP contribution is 2.33. The Kier molecular flexibility index (Phi) is 3.50. The molecule has 2 heterocycles. The van der Waals surface area contributed by atoms with E-state index in [2.05, 4.69) is 9.97 Å². The number of carbonyl (C=O) groups is 1. The van der Waals surface area contributed by atoms with Crippen LogP contribution in [-0.2, 0) is 4.79 Å². The molecule has 0 aliphatic carbocycles. The molecule has 0 aromatic carbocycles. The number of methoxy groups -OCH3 is 1. The Morgan fingerprint density at radius 2 is 2.28 bits per heavy atom. The van der Waals surface area contributed by atoms with Crippen LogP contribution in [-0.4, -0.2) is 35.6 Å². The zero-order valence-electron chi connectivity index (χ0n) is 10.3. The molecule has 1 unspecified atom stereocenters. The summed E-state index contributed by atoms with van der Waals surface area (Å²) in [4.78, 5) is 21.4. The SMILES string of the molecule is COc1c(N)ncnc1N1CCCCC1C(N)=O. The molecule has 2 rings (SSSR count). The number of nitrogens with zero attached hydrogens (tertiary/aromatic N) is 3. The maximum absolute atomic E-state index is 11.5. The van der Waals surface area contributed by atoms with Crippen molar-refractivity contribution in [1.82, 2.24) is 9.97 Å². The fourth-order valence-electron chi connectivity index (χ4n) is 2.26. The number of hydrogen-bond acceptors (Lipinski definition) is 6. The van der Waals surface area contributed by atoms with Gasteiger partial charge in [0, 0.05) is 6.54 Å². The second-order valence-electron chi connectivity index (χ2n) is 4.22. The van der Waals surface area contributed by atoms with E-state index < -0.39 is 0 Å². The molecule has 1 amide bonds.